The van der Waals surface area contributed by atoms with Crippen LogP contribution in [0, 0.1) is 5.82 Å². The van der Waals surface area contributed by atoms with E-state index in [4.69, 9.17) is 9.47 Å². The van der Waals surface area contributed by atoms with Crippen molar-refractivity contribution in [3.8, 4) is 0 Å². The fourth-order valence-corrected chi connectivity index (χ4v) is 3.50. The first kappa shape index (κ1) is 17.6. The standard InChI is InChI=1S/C17H20FN3O3S/c1-20(2)6-3-7-21(16(22)14-11-23-8-9-24-14)17-19-13-5-4-12(18)10-15(13)25-17/h4-5,10-11H,3,6-9H2,1-2H3/p+1. The maximum Gasteiger partial charge on any atom is 0.298 e. The number of fused-ring (bicyclic) bond motifs is 1. The van der Waals surface area contributed by atoms with Crippen LogP contribution >= 0.6 is 11.3 Å². The Morgan fingerprint density at radius 2 is 2.24 bits per heavy atom. The molecule has 1 aromatic carbocycles. The van der Waals surface area contributed by atoms with Crippen molar-refractivity contribution in [2.24, 2.45) is 0 Å². The van der Waals surface area contributed by atoms with Crippen LogP contribution in [0.15, 0.2) is 30.2 Å². The highest BCUT2D eigenvalue weighted by Crippen LogP contribution is 2.30. The Balaban J connectivity index is 1.88. The van der Waals surface area contributed by atoms with Gasteiger partial charge >= 0.3 is 0 Å². The Labute approximate surface area is 149 Å². The van der Waals surface area contributed by atoms with E-state index < -0.39 is 0 Å². The van der Waals surface area contributed by atoms with Crippen molar-refractivity contribution in [1.29, 1.82) is 0 Å². The molecule has 0 unspecified atom stereocenters. The largest absolute Gasteiger partial charge is 0.494 e. The molecule has 0 aliphatic carbocycles. The maximum atomic E-state index is 13.4. The number of anilines is 1. The van der Waals surface area contributed by atoms with Gasteiger partial charge in [-0.2, -0.15) is 0 Å². The van der Waals surface area contributed by atoms with E-state index in [1.165, 1.54) is 34.6 Å². The number of carbonyl (C=O) groups excluding carboxylic acids is 1. The third-order valence-corrected chi connectivity index (χ3v) is 4.77. The second kappa shape index (κ2) is 7.79. The van der Waals surface area contributed by atoms with Crippen LogP contribution in [0.4, 0.5) is 9.52 Å². The molecule has 0 radical (unpaired) electrons. The van der Waals surface area contributed by atoms with Gasteiger partial charge in [0.05, 0.1) is 30.9 Å². The van der Waals surface area contributed by atoms with Gasteiger partial charge in [-0.15, -0.1) is 0 Å². The minimum Gasteiger partial charge on any atom is -0.494 e. The molecule has 3 rings (SSSR count). The summed E-state index contributed by atoms with van der Waals surface area (Å²) in [6.45, 7) is 2.20. The van der Waals surface area contributed by atoms with Gasteiger partial charge in [0.25, 0.3) is 5.91 Å². The van der Waals surface area contributed by atoms with Crippen molar-refractivity contribution in [2.45, 2.75) is 6.42 Å². The van der Waals surface area contributed by atoms with Crippen LogP contribution in [-0.2, 0) is 14.3 Å². The summed E-state index contributed by atoms with van der Waals surface area (Å²) >= 11 is 1.29. The number of nitrogens with zero attached hydrogens (tertiary/aromatic N) is 2. The number of ether oxygens (including phenoxy) is 2. The lowest BCUT2D eigenvalue weighted by atomic mass is 10.3. The first-order chi connectivity index (χ1) is 12.0. The summed E-state index contributed by atoms with van der Waals surface area (Å²) in [5.74, 6) is -0.426. The van der Waals surface area contributed by atoms with E-state index in [2.05, 4.69) is 19.1 Å². The molecule has 1 aliphatic heterocycles. The molecule has 1 amide bonds. The van der Waals surface area contributed by atoms with Crippen LogP contribution in [0.2, 0.25) is 0 Å². The zero-order valence-electron chi connectivity index (χ0n) is 14.3. The van der Waals surface area contributed by atoms with E-state index in [0.29, 0.717) is 35.1 Å². The number of hydrogen-bond donors (Lipinski definition) is 1. The van der Waals surface area contributed by atoms with E-state index in [1.54, 1.807) is 11.0 Å². The van der Waals surface area contributed by atoms with Crippen molar-refractivity contribution in [2.75, 3.05) is 45.3 Å². The van der Waals surface area contributed by atoms with Crippen LogP contribution in [0.25, 0.3) is 10.2 Å². The number of carbonyl (C=O) groups is 1. The number of rotatable bonds is 6. The van der Waals surface area contributed by atoms with Gasteiger partial charge < -0.3 is 14.4 Å². The van der Waals surface area contributed by atoms with Gasteiger partial charge in [-0.3, -0.25) is 9.69 Å². The topological polar surface area (TPSA) is 56.1 Å². The van der Waals surface area contributed by atoms with Gasteiger partial charge in [0, 0.05) is 13.0 Å². The molecule has 0 saturated carbocycles. The molecule has 1 N–H and O–H groups in total. The van der Waals surface area contributed by atoms with Gasteiger partial charge in [-0.25, -0.2) is 9.37 Å². The maximum absolute atomic E-state index is 13.4. The summed E-state index contributed by atoms with van der Waals surface area (Å²) in [4.78, 5) is 20.2. The number of hydrogen-bond acceptors (Lipinski definition) is 5. The molecule has 25 heavy (non-hydrogen) atoms. The lowest BCUT2D eigenvalue weighted by Gasteiger charge is -2.23. The fraction of sp³-hybridized carbons (Fsp3) is 0.412. The molecule has 0 spiro atoms. The average Bonchev–Trinajstić information content (AvgIpc) is 3.01. The first-order valence-electron chi connectivity index (χ1n) is 8.16. The lowest BCUT2D eigenvalue weighted by Crippen LogP contribution is -3.05. The quantitative estimate of drug-likeness (QED) is 0.835. The van der Waals surface area contributed by atoms with Crippen molar-refractivity contribution >= 4 is 32.6 Å². The number of aromatic nitrogens is 1. The monoisotopic (exact) mass is 366 g/mol. The zero-order valence-corrected chi connectivity index (χ0v) is 15.1. The highest BCUT2D eigenvalue weighted by atomic mass is 32.1. The number of nitrogens with one attached hydrogen (secondary N) is 1. The summed E-state index contributed by atoms with van der Waals surface area (Å²) in [6, 6.07) is 4.42. The molecule has 2 heterocycles. The number of amides is 1. The van der Waals surface area contributed by atoms with Gasteiger partial charge in [-0.05, 0) is 18.2 Å². The second-order valence-electron chi connectivity index (χ2n) is 6.08. The number of halogens is 1. The average molecular weight is 366 g/mol. The number of quaternary nitrogens is 1. The number of thiazole rings is 1. The van der Waals surface area contributed by atoms with E-state index in [1.807, 2.05) is 0 Å². The third-order valence-electron chi connectivity index (χ3n) is 3.73. The minimum atomic E-state index is -0.316. The van der Waals surface area contributed by atoms with Crippen LogP contribution < -0.4 is 9.80 Å². The Bertz CT molecular complexity index is 791. The predicted molar refractivity (Wildman–Crippen MR) is 94.2 cm³/mol. The molecule has 0 atom stereocenters. The molecule has 0 saturated heterocycles. The van der Waals surface area contributed by atoms with Crippen molar-refractivity contribution < 1.29 is 23.6 Å². The summed E-state index contributed by atoms with van der Waals surface area (Å²) in [7, 11) is 4.13. The van der Waals surface area contributed by atoms with Gasteiger partial charge in [0.2, 0.25) is 5.76 Å². The van der Waals surface area contributed by atoms with Crippen molar-refractivity contribution in [1.82, 2.24) is 4.98 Å². The Morgan fingerprint density at radius 1 is 1.40 bits per heavy atom. The summed E-state index contributed by atoms with van der Waals surface area (Å²) in [5.41, 5.74) is 0.673. The Morgan fingerprint density at radius 3 is 2.96 bits per heavy atom. The van der Waals surface area contributed by atoms with Crippen molar-refractivity contribution in [3.05, 3.63) is 36.0 Å². The van der Waals surface area contributed by atoms with E-state index in [0.717, 1.165) is 13.0 Å². The van der Waals surface area contributed by atoms with Crippen LogP contribution in [0.5, 0.6) is 0 Å². The molecule has 0 bridgehead atoms. The first-order valence-corrected chi connectivity index (χ1v) is 8.98. The highest BCUT2D eigenvalue weighted by molar-refractivity contribution is 7.22. The van der Waals surface area contributed by atoms with Gasteiger partial charge in [0.1, 0.15) is 25.3 Å². The van der Waals surface area contributed by atoms with Crippen LogP contribution in [0.3, 0.4) is 0 Å². The minimum absolute atomic E-state index is 0.175. The SMILES string of the molecule is C[NH+](C)CCCN(C(=O)C1=COCCO1)c1nc2ccc(F)cc2s1. The molecule has 2 aromatic rings. The lowest BCUT2D eigenvalue weighted by molar-refractivity contribution is -0.858. The number of benzene rings is 1. The molecule has 0 fully saturated rings. The Kier molecular flexibility index (Phi) is 5.50. The van der Waals surface area contributed by atoms with E-state index >= 15 is 0 Å². The van der Waals surface area contributed by atoms with Gasteiger partial charge in [-0.1, -0.05) is 11.3 Å². The van der Waals surface area contributed by atoms with E-state index in [-0.39, 0.29) is 17.5 Å². The summed E-state index contributed by atoms with van der Waals surface area (Å²) in [6.07, 6.45) is 2.16. The molecule has 1 aromatic heterocycles. The second-order valence-corrected chi connectivity index (χ2v) is 7.09. The van der Waals surface area contributed by atoms with Crippen molar-refractivity contribution in [3.63, 3.8) is 0 Å². The molecule has 134 valence electrons. The molecule has 8 heteroatoms. The van der Waals surface area contributed by atoms with Gasteiger partial charge in [0.15, 0.2) is 5.13 Å². The third kappa shape index (κ3) is 4.26. The predicted octanol–water partition coefficient (Wildman–Crippen LogP) is 1.19. The molecule has 1 aliphatic rings. The Hall–Kier alpha value is -2.19. The summed E-state index contributed by atoms with van der Waals surface area (Å²) < 4.78 is 24.8. The van der Waals surface area contributed by atoms with E-state index in [9.17, 15) is 9.18 Å². The zero-order chi connectivity index (χ0) is 17.8. The fourth-order valence-electron chi connectivity index (χ4n) is 2.49. The molecular formula is C17H21FN3O3S+. The normalized spacial score (nSPS) is 14.2. The van der Waals surface area contributed by atoms with Crippen LogP contribution in [-0.4, -0.2) is 51.3 Å². The molecule has 6 nitrogen and oxygen atoms in total. The highest BCUT2D eigenvalue weighted by Gasteiger charge is 2.26. The summed E-state index contributed by atoms with van der Waals surface area (Å²) in [5, 5.41) is 0.537. The smallest absolute Gasteiger partial charge is 0.298 e. The molecular weight excluding hydrogens is 345 g/mol. The van der Waals surface area contributed by atoms with Crippen LogP contribution in [0.1, 0.15) is 6.42 Å².